The topological polar surface area (TPSA) is 74.7 Å². The molecule has 2 rings (SSSR count). The monoisotopic (exact) mass is 277 g/mol. The van der Waals surface area contributed by atoms with E-state index < -0.39 is 23.7 Å². The lowest BCUT2D eigenvalue weighted by molar-refractivity contribution is -0.140. The summed E-state index contributed by atoms with van der Waals surface area (Å²) in [5, 5.41) is 8.09. The van der Waals surface area contributed by atoms with Crippen LogP contribution in [0.25, 0.3) is 6.08 Å². The Balaban J connectivity index is 2.23. The van der Waals surface area contributed by atoms with Crippen LogP contribution in [0, 0.1) is 6.92 Å². The van der Waals surface area contributed by atoms with E-state index in [1.807, 2.05) is 31.2 Å². The molecule has 1 saturated heterocycles. The van der Waals surface area contributed by atoms with Crippen molar-refractivity contribution in [2.45, 2.75) is 6.92 Å². The van der Waals surface area contributed by atoms with Gasteiger partial charge in [-0.05, 0) is 30.3 Å². The zero-order chi connectivity index (χ0) is 14.0. The van der Waals surface area contributed by atoms with E-state index in [1.54, 1.807) is 6.08 Å². The van der Waals surface area contributed by atoms with E-state index in [9.17, 15) is 14.4 Å². The van der Waals surface area contributed by atoms with Crippen LogP contribution in [0.5, 0.6) is 0 Å². The molecule has 0 spiro atoms. The lowest BCUT2D eigenvalue weighted by atomic mass is 10.1. The number of nitrogens with zero attached hydrogens (tertiary/aromatic N) is 1. The van der Waals surface area contributed by atoms with E-state index in [4.69, 9.17) is 5.11 Å². The van der Waals surface area contributed by atoms with Gasteiger partial charge in [0.15, 0.2) is 0 Å². The van der Waals surface area contributed by atoms with Gasteiger partial charge in [-0.25, -0.2) is 0 Å². The Morgan fingerprint density at radius 2 is 1.95 bits per heavy atom. The predicted molar refractivity (Wildman–Crippen MR) is 71.5 cm³/mol. The number of carboxylic acid groups (broad SMARTS) is 1. The third-order valence-corrected chi connectivity index (χ3v) is 3.45. The predicted octanol–water partition coefficient (Wildman–Crippen LogP) is 2.12. The Hall–Kier alpha value is -2.08. The largest absolute Gasteiger partial charge is 0.480 e. The molecule has 0 unspecified atom stereocenters. The highest BCUT2D eigenvalue weighted by Gasteiger charge is 2.36. The van der Waals surface area contributed by atoms with Crippen molar-refractivity contribution < 1.29 is 19.5 Å². The number of aryl methyl sites for hydroxylation is 1. The van der Waals surface area contributed by atoms with Crippen molar-refractivity contribution in [2.75, 3.05) is 6.54 Å². The number of imide groups is 1. The Kier molecular flexibility index (Phi) is 3.71. The Morgan fingerprint density at radius 1 is 1.32 bits per heavy atom. The molecule has 0 aromatic heterocycles. The standard InChI is InChI=1S/C13H11NO4S/c1-8-2-4-9(5-3-8)6-10-12(17)14(7-11(15)16)13(18)19-10/h2-6H,7H2,1H3,(H,15,16)/b10-6+. The van der Waals surface area contributed by atoms with Gasteiger partial charge < -0.3 is 5.11 Å². The minimum atomic E-state index is -1.21. The molecule has 0 bridgehead atoms. The molecule has 1 heterocycles. The van der Waals surface area contributed by atoms with E-state index in [1.165, 1.54) is 0 Å². The van der Waals surface area contributed by atoms with E-state index in [2.05, 4.69) is 0 Å². The van der Waals surface area contributed by atoms with Crippen LogP contribution in [0.15, 0.2) is 29.2 Å². The van der Waals surface area contributed by atoms with Crippen LogP contribution in [0.2, 0.25) is 0 Å². The molecule has 6 heteroatoms. The summed E-state index contributed by atoms with van der Waals surface area (Å²) in [6, 6.07) is 7.46. The van der Waals surface area contributed by atoms with Gasteiger partial charge in [0.05, 0.1) is 4.91 Å². The summed E-state index contributed by atoms with van der Waals surface area (Å²) in [5.74, 6) is -1.77. The van der Waals surface area contributed by atoms with Gasteiger partial charge in [0.2, 0.25) is 0 Å². The first-order valence-electron chi connectivity index (χ1n) is 5.51. The normalized spacial score (nSPS) is 17.3. The van der Waals surface area contributed by atoms with Crippen molar-refractivity contribution in [3.05, 3.63) is 40.3 Å². The van der Waals surface area contributed by atoms with Gasteiger partial charge in [0.25, 0.3) is 11.1 Å². The minimum absolute atomic E-state index is 0.245. The number of amides is 2. The number of carboxylic acids is 1. The second-order valence-corrected chi connectivity index (χ2v) is 5.07. The van der Waals surface area contributed by atoms with Gasteiger partial charge in [0.1, 0.15) is 6.54 Å². The first-order valence-corrected chi connectivity index (χ1v) is 6.33. The Bertz CT molecular complexity index is 577. The maximum atomic E-state index is 11.9. The lowest BCUT2D eigenvalue weighted by Crippen LogP contribution is -2.33. The summed E-state index contributed by atoms with van der Waals surface area (Å²) in [5.41, 5.74) is 1.89. The molecular formula is C13H11NO4S. The highest BCUT2D eigenvalue weighted by Crippen LogP contribution is 2.31. The van der Waals surface area contributed by atoms with Crippen LogP contribution in [0.4, 0.5) is 4.79 Å². The molecular weight excluding hydrogens is 266 g/mol. The summed E-state index contributed by atoms with van der Waals surface area (Å²) < 4.78 is 0. The summed E-state index contributed by atoms with van der Waals surface area (Å²) in [4.78, 5) is 35.0. The molecule has 98 valence electrons. The van der Waals surface area contributed by atoms with E-state index in [-0.39, 0.29) is 4.91 Å². The summed E-state index contributed by atoms with van der Waals surface area (Å²) in [6.45, 7) is 1.35. The van der Waals surface area contributed by atoms with Gasteiger partial charge >= 0.3 is 5.97 Å². The molecule has 1 aromatic rings. The summed E-state index contributed by atoms with van der Waals surface area (Å²) >= 11 is 0.758. The average Bonchev–Trinajstić information content (AvgIpc) is 2.60. The fraction of sp³-hybridized carbons (Fsp3) is 0.154. The van der Waals surface area contributed by atoms with Gasteiger partial charge in [-0.15, -0.1) is 0 Å². The van der Waals surface area contributed by atoms with Gasteiger partial charge in [-0.3, -0.25) is 19.3 Å². The third kappa shape index (κ3) is 3.03. The molecule has 2 amide bonds. The smallest absolute Gasteiger partial charge is 0.323 e. The highest BCUT2D eigenvalue weighted by atomic mass is 32.2. The van der Waals surface area contributed by atoms with E-state index in [0.29, 0.717) is 0 Å². The molecule has 1 fully saturated rings. The maximum Gasteiger partial charge on any atom is 0.323 e. The van der Waals surface area contributed by atoms with Crippen LogP contribution >= 0.6 is 11.8 Å². The third-order valence-electron chi connectivity index (χ3n) is 2.54. The molecule has 1 aliphatic rings. The second-order valence-electron chi connectivity index (χ2n) is 4.07. The van der Waals surface area contributed by atoms with Crippen molar-refractivity contribution in [3.8, 4) is 0 Å². The number of hydrogen-bond donors (Lipinski definition) is 1. The first kappa shape index (κ1) is 13.4. The second kappa shape index (κ2) is 5.27. The molecule has 5 nitrogen and oxygen atoms in total. The van der Waals surface area contributed by atoms with E-state index in [0.717, 1.165) is 27.8 Å². The van der Waals surface area contributed by atoms with Crippen LogP contribution in [-0.4, -0.2) is 33.7 Å². The SMILES string of the molecule is Cc1ccc(/C=C2/SC(=O)N(CC(=O)O)C2=O)cc1. The Labute approximate surface area is 113 Å². The lowest BCUT2D eigenvalue weighted by Gasteiger charge is -2.07. The number of thioether (sulfide) groups is 1. The highest BCUT2D eigenvalue weighted by molar-refractivity contribution is 8.18. The molecule has 1 aliphatic heterocycles. The number of hydrogen-bond acceptors (Lipinski definition) is 4. The molecule has 0 saturated carbocycles. The fourth-order valence-corrected chi connectivity index (χ4v) is 2.42. The maximum absolute atomic E-state index is 11.9. The van der Waals surface area contributed by atoms with Crippen molar-refractivity contribution in [1.29, 1.82) is 0 Å². The molecule has 0 radical (unpaired) electrons. The van der Waals surface area contributed by atoms with Crippen LogP contribution in [0.3, 0.4) is 0 Å². The van der Waals surface area contributed by atoms with Gasteiger partial charge in [0, 0.05) is 0 Å². The van der Waals surface area contributed by atoms with Gasteiger partial charge in [-0.1, -0.05) is 29.8 Å². The van der Waals surface area contributed by atoms with Crippen molar-refractivity contribution in [1.82, 2.24) is 4.90 Å². The molecule has 1 N–H and O–H groups in total. The average molecular weight is 277 g/mol. The number of aliphatic carboxylic acids is 1. The Morgan fingerprint density at radius 3 is 2.53 bits per heavy atom. The van der Waals surface area contributed by atoms with Crippen LogP contribution < -0.4 is 0 Å². The number of carbonyl (C=O) groups excluding carboxylic acids is 2. The number of carbonyl (C=O) groups is 3. The zero-order valence-corrected chi connectivity index (χ0v) is 10.9. The van der Waals surface area contributed by atoms with Crippen LogP contribution in [-0.2, 0) is 9.59 Å². The molecule has 0 atom stereocenters. The van der Waals surface area contributed by atoms with Gasteiger partial charge in [-0.2, -0.15) is 0 Å². The van der Waals surface area contributed by atoms with Crippen molar-refractivity contribution in [2.24, 2.45) is 0 Å². The fourth-order valence-electron chi connectivity index (χ4n) is 1.59. The number of benzene rings is 1. The van der Waals surface area contributed by atoms with Crippen LogP contribution in [0.1, 0.15) is 11.1 Å². The first-order chi connectivity index (χ1) is 8.97. The molecule has 19 heavy (non-hydrogen) atoms. The molecule has 1 aromatic carbocycles. The van der Waals surface area contributed by atoms with Crippen molar-refractivity contribution in [3.63, 3.8) is 0 Å². The summed E-state index contributed by atoms with van der Waals surface area (Å²) in [6.07, 6.45) is 1.59. The van der Waals surface area contributed by atoms with E-state index >= 15 is 0 Å². The quantitative estimate of drug-likeness (QED) is 0.856. The number of rotatable bonds is 3. The molecule has 0 aliphatic carbocycles. The zero-order valence-electron chi connectivity index (χ0n) is 10.1. The minimum Gasteiger partial charge on any atom is -0.480 e. The summed E-state index contributed by atoms with van der Waals surface area (Å²) in [7, 11) is 0. The van der Waals surface area contributed by atoms with Crippen molar-refractivity contribution >= 4 is 35.0 Å².